The van der Waals surface area contributed by atoms with E-state index in [1.807, 2.05) is 0 Å². The van der Waals surface area contributed by atoms with Gasteiger partial charge in [0.15, 0.2) is 6.10 Å². The van der Waals surface area contributed by atoms with Gasteiger partial charge in [0.1, 0.15) is 5.82 Å². The Morgan fingerprint density at radius 1 is 1.59 bits per heavy atom. The fourth-order valence-corrected chi connectivity index (χ4v) is 1.82. The second kappa shape index (κ2) is 4.55. The van der Waals surface area contributed by atoms with Crippen LogP contribution in [0.25, 0.3) is 10.9 Å². The first-order valence-corrected chi connectivity index (χ1v) is 5.13. The van der Waals surface area contributed by atoms with Crippen LogP contribution in [0.5, 0.6) is 0 Å². The molecule has 1 atom stereocenters. The van der Waals surface area contributed by atoms with Crippen molar-refractivity contribution in [3.8, 4) is 0 Å². The molecule has 0 saturated carbocycles. The second-order valence-electron chi connectivity index (χ2n) is 3.74. The standard InChI is InChI=1S/C12H12FNO3/c1-17-10(12(15)16)5-7-6-14-11-8(7)3-2-4-9(11)13/h2-4,6,10,14H,5H2,1H3,(H,15,16)/t10-/m0/s1. The third kappa shape index (κ3) is 2.14. The number of benzene rings is 1. The number of methoxy groups -OCH3 is 1. The van der Waals surface area contributed by atoms with Crippen molar-refractivity contribution >= 4 is 16.9 Å². The lowest BCUT2D eigenvalue weighted by atomic mass is 10.1. The largest absolute Gasteiger partial charge is 0.479 e. The molecule has 0 unspecified atom stereocenters. The van der Waals surface area contributed by atoms with Crippen molar-refractivity contribution in [1.82, 2.24) is 4.98 Å². The van der Waals surface area contributed by atoms with Crippen LogP contribution in [0.15, 0.2) is 24.4 Å². The minimum atomic E-state index is -1.03. The summed E-state index contributed by atoms with van der Waals surface area (Å²) in [7, 11) is 1.34. The van der Waals surface area contributed by atoms with E-state index in [1.165, 1.54) is 13.2 Å². The molecule has 0 saturated heterocycles. The van der Waals surface area contributed by atoms with E-state index in [0.717, 1.165) is 5.56 Å². The molecule has 1 heterocycles. The quantitative estimate of drug-likeness (QED) is 0.854. The van der Waals surface area contributed by atoms with Crippen LogP contribution in [0.2, 0.25) is 0 Å². The molecule has 1 aromatic heterocycles. The second-order valence-corrected chi connectivity index (χ2v) is 3.74. The summed E-state index contributed by atoms with van der Waals surface area (Å²) in [5.41, 5.74) is 1.12. The number of H-pyrrole nitrogens is 1. The van der Waals surface area contributed by atoms with Crippen molar-refractivity contribution in [2.45, 2.75) is 12.5 Å². The molecule has 4 nitrogen and oxygen atoms in total. The monoisotopic (exact) mass is 237 g/mol. The first kappa shape index (κ1) is 11.6. The van der Waals surface area contributed by atoms with Crippen molar-refractivity contribution < 1.29 is 19.0 Å². The summed E-state index contributed by atoms with van der Waals surface area (Å²) >= 11 is 0. The van der Waals surface area contributed by atoms with E-state index in [4.69, 9.17) is 9.84 Å². The highest BCUT2D eigenvalue weighted by Gasteiger charge is 2.19. The van der Waals surface area contributed by atoms with E-state index in [9.17, 15) is 9.18 Å². The molecule has 0 aliphatic carbocycles. The lowest BCUT2D eigenvalue weighted by Crippen LogP contribution is -2.24. The zero-order valence-electron chi connectivity index (χ0n) is 9.24. The van der Waals surface area contributed by atoms with Gasteiger partial charge in [0.05, 0.1) is 5.52 Å². The van der Waals surface area contributed by atoms with Gasteiger partial charge >= 0.3 is 5.97 Å². The molecule has 0 spiro atoms. The van der Waals surface area contributed by atoms with Crippen LogP contribution >= 0.6 is 0 Å². The summed E-state index contributed by atoms with van der Waals surface area (Å²) in [5.74, 6) is -1.38. The van der Waals surface area contributed by atoms with Gasteiger partial charge in [0, 0.05) is 25.1 Å². The van der Waals surface area contributed by atoms with Gasteiger partial charge in [0.2, 0.25) is 0 Å². The molecule has 2 N–H and O–H groups in total. The molecule has 0 amide bonds. The molecule has 90 valence electrons. The zero-order valence-corrected chi connectivity index (χ0v) is 9.24. The molecule has 2 rings (SSSR count). The third-order valence-corrected chi connectivity index (χ3v) is 2.72. The number of carbonyl (C=O) groups is 1. The van der Waals surface area contributed by atoms with E-state index < -0.39 is 12.1 Å². The van der Waals surface area contributed by atoms with Gasteiger partial charge in [-0.15, -0.1) is 0 Å². The SMILES string of the molecule is CO[C@@H](Cc1c[nH]c2c(F)cccc12)C(=O)O. The normalized spacial score (nSPS) is 12.8. The Kier molecular flexibility index (Phi) is 3.10. The van der Waals surface area contributed by atoms with Gasteiger partial charge in [-0.1, -0.05) is 12.1 Å². The first-order chi connectivity index (χ1) is 8.13. The molecule has 5 heteroatoms. The highest BCUT2D eigenvalue weighted by Crippen LogP contribution is 2.22. The number of aromatic amines is 1. The summed E-state index contributed by atoms with van der Waals surface area (Å²) in [6, 6.07) is 4.70. The van der Waals surface area contributed by atoms with E-state index in [0.29, 0.717) is 10.9 Å². The van der Waals surface area contributed by atoms with Crippen LogP contribution in [0.3, 0.4) is 0 Å². The van der Waals surface area contributed by atoms with Crippen LogP contribution in [0.1, 0.15) is 5.56 Å². The van der Waals surface area contributed by atoms with Crippen molar-refractivity contribution in [1.29, 1.82) is 0 Å². The Morgan fingerprint density at radius 2 is 2.35 bits per heavy atom. The number of rotatable bonds is 4. The fourth-order valence-electron chi connectivity index (χ4n) is 1.82. The average Bonchev–Trinajstić information content (AvgIpc) is 2.70. The number of carboxylic acids is 1. The fraction of sp³-hybridized carbons (Fsp3) is 0.250. The number of hydrogen-bond acceptors (Lipinski definition) is 2. The Morgan fingerprint density at radius 3 is 3.00 bits per heavy atom. The Bertz CT molecular complexity index is 550. The smallest absolute Gasteiger partial charge is 0.333 e. The highest BCUT2D eigenvalue weighted by molar-refractivity contribution is 5.84. The van der Waals surface area contributed by atoms with Crippen LogP contribution < -0.4 is 0 Å². The predicted molar refractivity (Wildman–Crippen MR) is 60.4 cm³/mol. The first-order valence-electron chi connectivity index (χ1n) is 5.13. The van der Waals surface area contributed by atoms with Gasteiger partial charge in [-0.2, -0.15) is 0 Å². The summed E-state index contributed by atoms with van der Waals surface area (Å²) in [6.45, 7) is 0. The maximum absolute atomic E-state index is 13.4. The number of ether oxygens (including phenoxy) is 1. The average molecular weight is 237 g/mol. The number of halogens is 1. The number of aliphatic carboxylic acids is 1. The van der Waals surface area contributed by atoms with E-state index in [1.54, 1.807) is 18.3 Å². The van der Waals surface area contributed by atoms with E-state index in [2.05, 4.69) is 4.98 Å². The lowest BCUT2D eigenvalue weighted by Gasteiger charge is -2.09. The van der Waals surface area contributed by atoms with Gasteiger partial charge in [-0.05, 0) is 11.6 Å². The summed E-state index contributed by atoms with van der Waals surface area (Å²) in [6.07, 6.45) is 0.898. The summed E-state index contributed by atoms with van der Waals surface area (Å²) in [4.78, 5) is 13.7. The van der Waals surface area contributed by atoms with E-state index in [-0.39, 0.29) is 12.2 Å². The van der Waals surface area contributed by atoms with Gasteiger partial charge in [0.25, 0.3) is 0 Å². The minimum absolute atomic E-state index is 0.204. The Labute approximate surface area is 97.0 Å². The van der Waals surface area contributed by atoms with Crippen LogP contribution in [-0.4, -0.2) is 29.3 Å². The third-order valence-electron chi connectivity index (χ3n) is 2.72. The maximum Gasteiger partial charge on any atom is 0.333 e. The molecule has 1 aromatic carbocycles. The molecular weight excluding hydrogens is 225 g/mol. The minimum Gasteiger partial charge on any atom is -0.479 e. The number of carboxylic acid groups (broad SMARTS) is 1. The van der Waals surface area contributed by atoms with Crippen molar-refractivity contribution in [3.05, 3.63) is 35.8 Å². The Balaban J connectivity index is 2.37. The molecule has 0 aliphatic rings. The van der Waals surface area contributed by atoms with Crippen LogP contribution in [-0.2, 0) is 16.0 Å². The lowest BCUT2D eigenvalue weighted by molar-refractivity contribution is -0.148. The summed E-state index contributed by atoms with van der Waals surface area (Å²) < 4.78 is 18.3. The number of aromatic nitrogens is 1. The highest BCUT2D eigenvalue weighted by atomic mass is 19.1. The topological polar surface area (TPSA) is 62.3 Å². The van der Waals surface area contributed by atoms with Gasteiger partial charge in [-0.3, -0.25) is 0 Å². The molecule has 0 bridgehead atoms. The number of hydrogen-bond donors (Lipinski definition) is 2. The molecule has 0 aliphatic heterocycles. The van der Waals surface area contributed by atoms with Crippen molar-refractivity contribution in [2.75, 3.05) is 7.11 Å². The number of fused-ring (bicyclic) bond motifs is 1. The van der Waals surface area contributed by atoms with Crippen molar-refractivity contribution in [3.63, 3.8) is 0 Å². The Hall–Kier alpha value is -1.88. The maximum atomic E-state index is 13.4. The molecular formula is C12H12FNO3. The summed E-state index contributed by atoms with van der Waals surface area (Å²) in [5, 5.41) is 9.58. The van der Waals surface area contributed by atoms with Crippen LogP contribution in [0.4, 0.5) is 4.39 Å². The number of para-hydroxylation sites is 1. The molecule has 17 heavy (non-hydrogen) atoms. The molecule has 0 fully saturated rings. The van der Waals surface area contributed by atoms with Gasteiger partial charge in [-0.25, -0.2) is 9.18 Å². The van der Waals surface area contributed by atoms with Gasteiger partial charge < -0.3 is 14.8 Å². The molecule has 0 radical (unpaired) electrons. The van der Waals surface area contributed by atoms with Crippen molar-refractivity contribution in [2.24, 2.45) is 0 Å². The van der Waals surface area contributed by atoms with E-state index >= 15 is 0 Å². The zero-order chi connectivity index (χ0) is 12.4. The number of nitrogens with one attached hydrogen (secondary N) is 1. The van der Waals surface area contributed by atoms with Crippen LogP contribution in [0, 0.1) is 5.82 Å². The predicted octanol–water partition coefficient (Wildman–Crippen LogP) is 1.95. The molecule has 2 aromatic rings.